The van der Waals surface area contributed by atoms with Crippen molar-refractivity contribution in [3.8, 4) is 5.75 Å². The maximum atomic E-state index is 6.09. The molecule has 3 aromatic rings. The largest absolute Gasteiger partial charge is 0.493 e. The minimum Gasteiger partial charge on any atom is -0.493 e. The van der Waals surface area contributed by atoms with Crippen molar-refractivity contribution < 1.29 is 4.74 Å². The summed E-state index contributed by atoms with van der Waals surface area (Å²) in [6, 6.07) is 21.5. The predicted molar refractivity (Wildman–Crippen MR) is 106 cm³/mol. The zero-order chi connectivity index (χ0) is 17.6. The number of ether oxygens (including phenoxy) is 1. The second-order valence-corrected chi connectivity index (χ2v) is 7.06. The fourth-order valence-corrected chi connectivity index (χ4v) is 2.93. The summed E-state index contributed by atoms with van der Waals surface area (Å²) >= 11 is 0. The molecule has 3 aromatic carbocycles. The Labute approximate surface area is 150 Å². The minimum absolute atomic E-state index is 0.514. The van der Waals surface area contributed by atoms with Gasteiger partial charge in [0, 0.05) is 18.7 Å². The fraction of sp³-hybridized carbons (Fsp3) is 0.304. The smallest absolute Gasteiger partial charge is 0.124 e. The Hall–Kier alpha value is -2.32. The Bertz CT molecular complexity index is 821. The summed E-state index contributed by atoms with van der Waals surface area (Å²) in [5, 5.41) is 6.10. The highest BCUT2D eigenvalue weighted by Crippen LogP contribution is 2.28. The molecule has 3 rings (SSSR count). The van der Waals surface area contributed by atoms with Crippen LogP contribution in [0.4, 0.5) is 0 Å². The number of benzene rings is 3. The number of hydrogen-bond acceptors (Lipinski definition) is 2. The van der Waals surface area contributed by atoms with Crippen LogP contribution in [0.15, 0.2) is 60.7 Å². The average molecular weight is 333 g/mol. The molecule has 0 aliphatic heterocycles. The van der Waals surface area contributed by atoms with Gasteiger partial charge in [-0.1, -0.05) is 74.0 Å². The third-order valence-electron chi connectivity index (χ3n) is 4.32. The summed E-state index contributed by atoms with van der Waals surface area (Å²) in [5.41, 5.74) is 3.84. The lowest BCUT2D eigenvalue weighted by molar-refractivity contribution is 0.268. The van der Waals surface area contributed by atoms with E-state index in [1.54, 1.807) is 0 Å². The van der Waals surface area contributed by atoms with E-state index in [1.807, 2.05) is 0 Å². The standard InChI is InChI=1S/C23H27NO/c1-17(2)16-25-23-13-12-20-6-4-5-7-21(20)22(23)15-24-14-19-10-8-18(3)9-11-19/h4-13,17,24H,14-16H2,1-3H3. The van der Waals surface area contributed by atoms with Crippen molar-refractivity contribution in [2.45, 2.75) is 33.9 Å². The molecule has 2 heteroatoms. The van der Waals surface area contributed by atoms with E-state index >= 15 is 0 Å². The molecular formula is C23H27NO. The van der Waals surface area contributed by atoms with Gasteiger partial charge in [0.2, 0.25) is 0 Å². The lowest BCUT2D eigenvalue weighted by Crippen LogP contribution is -2.15. The first kappa shape index (κ1) is 17.5. The highest BCUT2D eigenvalue weighted by Gasteiger charge is 2.09. The van der Waals surface area contributed by atoms with E-state index < -0.39 is 0 Å². The number of fused-ring (bicyclic) bond motifs is 1. The summed E-state index contributed by atoms with van der Waals surface area (Å²) in [7, 11) is 0. The average Bonchev–Trinajstić information content (AvgIpc) is 2.62. The molecule has 0 radical (unpaired) electrons. The molecule has 0 saturated heterocycles. The first-order valence-corrected chi connectivity index (χ1v) is 9.03. The molecule has 0 fully saturated rings. The highest BCUT2D eigenvalue weighted by atomic mass is 16.5. The molecule has 1 N–H and O–H groups in total. The summed E-state index contributed by atoms with van der Waals surface area (Å²) in [6.45, 7) is 8.86. The van der Waals surface area contributed by atoms with Gasteiger partial charge in [0.15, 0.2) is 0 Å². The van der Waals surface area contributed by atoms with Gasteiger partial charge in [-0.2, -0.15) is 0 Å². The minimum atomic E-state index is 0.514. The molecule has 0 atom stereocenters. The van der Waals surface area contributed by atoms with Crippen LogP contribution in [0.5, 0.6) is 5.75 Å². The Kier molecular flexibility index (Phi) is 5.72. The van der Waals surface area contributed by atoms with Gasteiger partial charge >= 0.3 is 0 Å². The summed E-state index contributed by atoms with van der Waals surface area (Å²) in [4.78, 5) is 0. The third kappa shape index (κ3) is 4.61. The van der Waals surface area contributed by atoms with E-state index in [4.69, 9.17) is 4.74 Å². The second-order valence-electron chi connectivity index (χ2n) is 7.06. The summed E-state index contributed by atoms with van der Waals surface area (Å²) in [5.74, 6) is 1.50. The zero-order valence-electron chi connectivity index (χ0n) is 15.4. The van der Waals surface area contributed by atoms with Crippen molar-refractivity contribution in [3.63, 3.8) is 0 Å². The first-order valence-electron chi connectivity index (χ1n) is 9.03. The van der Waals surface area contributed by atoms with E-state index in [-0.39, 0.29) is 0 Å². The molecule has 0 heterocycles. The van der Waals surface area contributed by atoms with Gasteiger partial charge in [-0.15, -0.1) is 0 Å². The summed E-state index contributed by atoms with van der Waals surface area (Å²) < 4.78 is 6.09. The van der Waals surface area contributed by atoms with Crippen molar-refractivity contribution in [3.05, 3.63) is 77.4 Å². The first-order chi connectivity index (χ1) is 12.1. The molecule has 0 aliphatic carbocycles. The lowest BCUT2D eigenvalue weighted by atomic mass is 10.0. The lowest BCUT2D eigenvalue weighted by Gasteiger charge is -2.16. The van der Waals surface area contributed by atoms with Crippen molar-refractivity contribution in [1.82, 2.24) is 5.32 Å². The molecule has 0 aromatic heterocycles. The van der Waals surface area contributed by atoms with Crippen LogP contribution in [0, 0.1) is 12.8 Å². The molecule has 0 spiro atoms. The van der Waals surface area contributed by atoms with Gasteiger partial charge in [-0.3, -0.25) is 0 Å². The van der Waals surface area contributed by atoms with E-state index in [0.717, 1.165) is 25.4 Å². The van der Waals surface area contributed by atoms with Crippen molar-refractivity contribution >= 4 is 10.8 Å². The Morgan fingerprint density at radius 2 is 1.64 bits per heavy atom. The van der Waals surface area contributed by atoms with Gasteiger partial charge in [0.1, 0.15) is 5.75 Å². The molecule has 25 heavy (non-hydrogen) atoms. The van der Waals surface area contributed by atoms with E-state index in [0.29, 0.717) is 5.92 Å². The Morgan fingerprint density at radius 3 is 2.40 bits per heavy atom. The van der Waals surface area contributed by atoms with Crippen LogP contribution in [0.2, 0.25) is 0 Å². The van der Waals surface area contributed by atoms with E-state index in [2.05, 4.69) is 86.8 Å². The monoisotopic (exact) mass is 333 g/mol. The quantitative estimate of drug-likeness (QED) is 0.619. The zero-order valence-corrected chi connectivity index (χ0v) is 15.4. The number of rotatable bonds is 7. The number of hydrogen-bond donors (Lipinski definition) is 1. The van der Waals surface area contributed by atoms with Crippen molar-refractivity contribution in [1.29, 1.82) is 0 Å². The van der Waals surface area contributed by atoms with Crippen LogP contribution in [-0.2, 0) is 13.1 Å². The van der Waals surface area contributed by atoms with Crippen LogP contribution >= 0.6 is 0 Å². The normalized spacial score (nSPS) is 11.2. The molecule has 0 aliphatic rings. The Balaban J connectivity index is 1.79. The molecule has 2 nitrogen and oxygen atoms in total. The van der Waals surface area contributed by atoms with Gasteiger partial charge in [0.05, 0.1) is 6.61 Å². The molecule has 0 unspecified atom stereocenters. The molecule has 0 bridgehead atoms. The van der Waals surface area contributed by atoms with Gasteiger partial charge in [-0.05, 0) is 35.2 Å². The van der Waals surface area contributed by atoms with Gasteiger partial charge < -0.3 is 10.1 Å². The highest BCUT2D eigenvalue weighted by molar-refractivity contribution is 5.87. The topological polar surface area (TPSA) is 21.3 Å². The van der Waals surface area contributed by atoms with Gasteiger partial charge in [0.25, 0.3) is 0 Å². The Morgan fingerprint density at radius 1 is 0.880 bits per heavy atom. The van der Waals surface area contributed by atoms with Crippen LogP contribution in [0.25, 0.3) is 10.8 Å². The maximum Gasteiger partial charge on any atom is 0.124 e. The molecule has 0 saturated carbocycles. The van der Waals surface area contributed by atoms with Crippen molar-refractivity contribution in [2.24, 2.45) is 5.92 Å². The van der Waals surface area contributed by atoms with Crippen LogP contribution in [-0.4, -0.2) is 6.61 Å². The van der Waals surface area contributed by atoms with Crippen LogP contribution in [0.3, 0.4) is 0 Å². The van der Waals surface area contributed by atoms with Crippen LogP contribution in [0.1, 0.15) is 30.5 Å². The fourth-order valence-electron chi connectivity index (χ4n) is 2.93. The third-order valence-corrected chi connectivity index (χ3v) is 4.32. The van der Waals surface area contributed by atoms with Crippen LogP contribution < -0.4 is 10.1 Å². The predicted octanol–water partition coefficient (Wildman–Crippen LogP) is 5.47. The maximum absolute atomic E-state index is 6.09. The van der Waals surface area contributed by atoms with E-state index in [1.165, 1.54) is 27.5 Å². The van der Waals surface area contributed by atoms with Gasteiger partial charge in [-0.25, -0.2) is 0 Å². The van der Waals surface area contributed by atoms with E-state index in [9.17, 15) is 0 Å². The second kappa shape index (κ2) is 8.17. The molecule has 0 amide bonds. The SMILES string of the molecule is Cc1ccc(CNCc2c(OCC(C)C)ccc3ccccc23)cc1. The number of aryl methyl sites for hydroxylation is 1. The number of nitrogens with one attached hydrogen (secondary N) is 1. The van der Waals surface area contributed by atoms with Crippen molar-refractivity contribution in [2.75, 3.05) is 6.61 Å². The molecule has 130 valence electrons. The molecular weight excluding hydrogens is 306 g/mol. The summed E-state index contributed by atoms with van der Waals surface area (Å²) in [6.07, 6.45) is 0.